The van der Waals surface area contributed by atoms with E-state index in [0.717, 1.165) is 23.0 Å². The van der Waals surface area contributed by atoms with Crippen LogP contribution in [0, 0.1) is 6.92 Å². The molecule has 0 saturated carbocycles. The Balaban J connectivity index is 1.53. The van der Waals surface area contributed by atoms with Gasteiger partial charge < -0.3 is 19.9 Å². The molecule has 33 heavy (non-hydrogen) atoms. The monoisotopic (exact) mass is 449 g/mol. The zero-order valence-electron chi connectivity index (χ0n) is 19.3. The topological polar surface area (TPSA) is 79.7 Å². The van der Waals surface area contributed by atoms with Crippen LogP contribution in [0.4, 0.5) is 10.6 Å². The Morgan fingerprint density at radius 2 is 1.79 bits per heavy atom. The molecule has 1 saturated heterocycles. The van der Waals surface area contributed by atoms with Crippen molar-refractivity contribution in [2.75, 3.05) is 51.3 Å². The van der Waals surface area contributed by atoms with Crippen molar-refractivity contribution < 1.29 is 9.53 Å². The maximum Gasteiger partial charge on any atom is 0.317 e. The second kappa shape index (κ2) is 10.5. The maximum absolute atomic E-state index is 13.5. The summed E-state index contributed by atoms with van der Waals surface area (Å²) in [5.74, 6) is 0.445. The maximum atomic E-state index is 13.5. The van der Waals surface area contributed by atoms with Crippen LogP contribution in [-0.2, 0) is 11.3 Å². The molecule has 2 heterocycles. The van der Waals surface area contributed by atoms with E-state index in [1.807, 2.05) is 29.2 Å². The molecule has 8 heteroatoms. The van der Waals surface area contributed by atoms with Crippen molar-refractivity contribution in [1.29, 1.82) is 0 Å². The SMILES string of the molecule is COCCCNC(=O)N1CCN(c2nc3ccccc3n(Cc3ccc(C)cc3)c2=O)CC1. The fourth-order valence-electron chi connectivity index (χ4n) is 4.06. The minimum absolute atomic E-state index is 0.0750. The highest BCUT2D eigenvalue weighted by atomic mass is 16.5. The number of aromatic nitrogens is 2. The highest BCUT2D eigenvalue weighted by Gasteiger charge is 2.24. The number of carbonyl (C=O) groups is 1. The van der Waals surface area contributed by atoms with Crippen molar-refractivity contribution in [3.05, 3.63) is 70.0 Å². The molecule has 1 N–H and O–H groups in total. The lowest BCUT2D eigenvalue weighted by Gasteiger charge is -2.35. The summed E-state index contributed by atoms with van der Waals surface area (Å²) < 4.78 is 6.82. The third-order valence-electron chi connectivity index (χ3n) is 5.96. The van der Waals surface area contributed by atoms with E-state index in [1.54, 1.807) is 16.6 Å². The van der Waals surface area contributed by atoms with E-state index in [2.05, 4.69) is 36.5 Å². The first-order chi connectivity index (χ1) is 16.1. The number of amides is 2. The predicted octanol–water partition coefficient (Wildman–Crippen LogP) is 2.62. The van der Waals surface area contributed by atoms with E-state index < -0.39 is 0 Å². The Bertz CT molecular complexity index is 1150. The zero-order chi connectivity index (χ0) is 23.2. The van der Waals surface area contributed by atoms with Gasteiger partial charge in [-0.1, -0.05) is 42.0 Å². The summed E-state index contributed by atoms with van der Waals surface area (Å²) in [6, 6.07) is 15.9. The number of para-hydroxylation sites is 2. The molecule has 1 fully saturated rings. The number of rotatable bonds is 7. The van der Waals surface area contributed by atoms with Crippen LogP contribution in [0.3, 0.4) is 0 Å². The lowest BCUT2D eigenvalue weighted by atomic mass is 10.1. The van der Waals surface area contributed by atoms with Crippen LogP contribution in [0.15, 0.2) is 53.3 Å². The highest BCUT2D eigenvalue weighted by molar-refractivity contribution is 5.77. The molecule has 2 aromatic carbocycles. The Morgan fingerprint density at radius 1 is 1.06 bits per heavy atom. The molecular weight excluding hydrogens is 418 g/mol. The molecule has 0 spiro atoms. The van der Waals surface area contributed by atoms with E-state index in [1.165, 1.54) is 5.56 Å². The molecule has 1 aliphatic heterocycles. The van der Waals surface area contributed by atoms with Crippen LogP contribution in [0.5, 0.6) is 0 Å². The first-order valence-corrected chi connectivity index (χ1v) is 11.4. The van der Waals surface area contributed by atoms with Gasteiger partial charge in [-0.25, -0.2) is 9.78 Å². The van der Waals surface area contributed by atoms with Gasteiger partial charge in [0.05, 0.1) is 17.6 Å². The van der Waals surface area contributed by atoms with Gasteiger partial charge in [-0.2, -0.15) is 0 Å². The van der Waals surface area contributed by atoms with Crippen LogP contribution >= 0.6 is 0 Å². The number of aryl methyl sites for hydroxylation is 1. The van der Waals surface area contributed by atoms with Crippen molar-refractivity contribution in [1.82, 2.24) is 19.8 Å². The number of piperazine rings is 1. The molecule has 0 atom stereocenters. The van der Waals surface area contributed by atoms with Crippen LogP contribution in [0.1, 0.15) is 17.5 Å². The molecule has 8 nitrogen and oxygen atoms in total. The van der Waals surface area contributed by atoms with E-state index >= 15 is 0 Å². The van der Waals surface area contributed by atoms with Crippen molar-refractivity contribution in [3.63, 3.8) is 0 Å². The normalized spacial score (nSPS) is 14.0. The molecule has 2 amide bonds. The molecule has 0 unspecified atom stereocenters. The van der Waals surface area contributed by atoms with Crippen LogP contribution in [0.25, 0.3) is 11.0 Å². The summed E-state index contributed by atoms with van der Waals surface area (Å²) in [6.45, 7) is 5.96. The third-order valence-corrected chi connectivity index (χ3v) is 5.96. The lowest BCUT2D eigenvalue weighted by molar-refractivity contribution is 0.183. The summed E-state index contributed by atoms with van der Waals surface area (Å²) in [5, 5.41) is 2.92. The van der Waals surface area contributed by atoms with Gasteiger partial charge in [-0.05, 0) is 31.0 Å². The fraction of sp³-hybridized carbons (Fsp3) is 0.400. The number of nitrogens with one attached hydrogen (secondary N) is 1. The van der Waals surface area contributed by atoms with Gasteiger partial charge in [0.25, 0.3) is 5.56 Å². The van der Waals surface area contributed by atoms with Crippen molar-refractivity contribution in [3.8, 4) is 0 Å². The summed E-state index contributed by atoms with van der Waals surface area (Å²) in [6.07, 6.45) is 0.781. The molecule has 1 aliphatic rings. The molecule has 1 aromatic heterocycles. The van der Waals surface area contributed by atoms with Gasteiger partial charge >= 0.3 is 6.03 Å². The standard InChI is InChI=1S/C25H31N5O3/c1-19-8-10-20(11-9-19)18-30-22-7-4-3-6-21(22)27-23(24(30)31)28-13-15-29(16-14-28)25(32)26-12-5-17-33-2/h3-4,6-11H,5,12-18H2,1-2H3,(H,26,32). The van der Waals surface area contributed by atoms with Crippen LogP contribution < -0.4 is 15.8 Å². The Morgan fingerprint density at radius 3 is 2.52 bits per heavy atom. The van der Waals surface area contributed by atoms with Crippen LogP contribution in [0.2, 0.25) is 0 Å². The number of hydrogen-bond donors (Lipinski definition) is 1. The molecule has 0 radical (unpaired) electrons. The minimum atomic E-state index is -0.105. The zero-order valence-corrected chi connectivity index (χ0v) is 19.3. The number of anilines is 1. The lowest BCUT2D eigenvalue weighted by Crippen LogP contribution is -2.53. The average Bonchev–Trinajstić information content (AvgIpc) is 2.84. The number of benzene rings is 2. The summed E-state index contributed by atoms with van der Waals surface area (Å²) in [5.41, 5.74) is 3.76. The molecule has 174 valence electrons. The van der Waals surface area contributed by atoms with Gasteiger partial charge in [-0.15, -0.1) is 0 Å². The van der Waals surface area contributed by atoms with Gasteiger partial charge in [0.1, 0.15) is 0 Å². The van der Waals surface area contributed by atoms with Crippen molar-refractivity contribution in [2.24, 2.45) is 0 Å². The number of ether oxygens (including phenoxy) is 1. The van der Waals surface area contributed by atoms with Gasteiger partial charge in [0, 0.05) is 46.4 Å². The van der Waals surface area contributed by atoms with Gasteiger partial charge in [0.15, 0.2) is 5.82 Å². The quantitative estimate of drug-likeness (QED) is 0.561. The Kier molecular flexibility index (Phi) is 7.24. The molecule has 4 rings (SSSR count). The number of hydrogen-bond acceptors (Lipinski definition) is 5. The molecule has 0 aliphatic carbocycles. The van der Waals surface area contributed by atoms with Gasteiger partial charge in [-0.3, -0.25) is 9.36 Å². The second-order valence-electron chi connectivity index (χ2n) is 8.35. The predicted molar refractivity (Wildman–Crippen MR) is 130 cm³/mol. The largest absolute Gasteiger partial charge is 0.385 e. The van der Waals surface area contributed by atoms with E-state index in [4.69, 9.17) is 9.72 Å². The first kappa shape index (κ1) is 22.8. The van der Waals surface area contributed by atoms with Crippen molar-refractivity contribution >= 4 is 22.9 Å². The number of fused-ring (bicyclic) bond motifs is 1. The Labute approximate surface area is 193 Å². The number of carbonyl (C=O) groups excluding carboxylic acids is 1. The molecular formula is C25H31N5O3. The van der Waals surface area contributed by atoms with Gasteiger partial charge in [0.2, 0.25) is 0 Å². The average molecular weight is 450 g/mol. The number of urea groups is 1. The van der Waals surface area contributed by atoms with Crippen molar-refractivity contribution in [2.45, 2.75) is 19.9 Å². The smallest absolute Gasteiger partial charge is 0.317 e. The minimum Gasteiger partial charge on any atom is -0.385 e. The second-order valence-corrected chi connectivity index (χ2v) is 8.35. The number of nitrogens with zero attached hydrogens (tertiary/aromatic N) is 4. The Hall–Kier alpha value is -3.39. The summed E-state index contributed by atoms with van der Waals surface area (Å²) >= 11 is 0. The molecule has 3 aromatic rings. The number of methoxy groups -OCH3 is 1. The first-order valence-electron chi connectivity index (χ1n) is 11.4. The highest BCUT2D eigenvalue weighted by Crippen LogP contribution is 2.17. The summed E-state index contributed by atoms with van der Waals surface area (Å²) in [4.78, 5) is 34.4. The molecule has 0 bridgehead atoms. The third kappa shape index (κ3) is 5.34. The van der Waals surface area contributed by atoms with Crippen LogP contribution in [-0.4, -0.2) is 66.9 Å². The van der Waals surface area contributed by atoms with E-state index in [9.17, 15) is 9.59 Å². The fourth-order valence-corrected chi connectivity index (χ4v) is 4.06. The van der Waals surface area contributed by atoms with E-state index in [-0.39, 0.29) is 11.6 Å². The van der Waals surface area contributed by atoms with E-state index in [0.29, 0.717) is 51.7 Å². The summed E-state index contributed by atoms with van der Waals surface area (Å²) in [7, 11) is 1.65.